The van der Waals surface area contributed by atoms with Gasteiger partial charge in [-0.25, -0.2) is 0 Å². The van der Waals surface area contributed by atoms with Gasteiger partial charge in [0.2, 0.25) is 0 Å². The summed E-state index contributed by atoms with van der Waals surface area (Å²) in [6.07, 6.45) is 2.04. The quantitative estimate of drug-likeness (QED) is 0.790. The third kappa shape index (κ3) is 3.94. The van der Waals surface area contributed by atoms with Gasteiger partial charge >= 0.3 is 5.97 Å². The average Bonchev–Trinajstić information content (AvgIpc) is 2.26. The number of carboxylic acid groups (broad SMARTS) is 1. The summed E-state index contributed by atoms with van der Waals surface area (Å²) in [5.74, 6) is -0.835. The Morgan fingerprint density at radius 1 is 1.44 bits per heavy atom. The van der Waals surface area contributed by atoms with E-state index < -0.39 is 12.0 Å². The normalized spacial score (nSPS) is 12.4. The van der Waals surface area contributed by atoms with E-state index in [1.807, 2.05) is 24.3 Å². The molecule has 1 aromatic carbocycles. The second-order valence-electron chi connectivity index (χ2n) is 3.63. The number of halogens is 1. The summed E-state index contributed by atoms with van der Waals surface area (Å²) in [5, 5.41) is 12.2. The Hall–Kier alpha value is -0.870. The summed E-state index contributed by atoms with van der Waals surface area (Å²) in [5.41, 5.74) is 0.784. The van der Waals surface area contributed by atoms with E-state index in [4.69, 9.17) is 5.11 Å². The van der Waals surface area contributed by atoms with Crippen molar-refractivity contribution in [2.24, 2.45) is 0 Å². The van der Waals surface area contributed by atoms with E-state index >= 15 is 0 Å². The van der Waals surface area contributed by atoms with Crippen LogP contribution in [0, 0.1) is 0 Å². The second kappa shape index (κ2) is 6.66. The van der Waals surface area contributed by atoms with Crippen molar-refractivity contribution >= 4 is 21.9 Å². The Morgan fingerprint density at radius 3 is 2.56 bits per heavy atom. The number of carbonyl (C=O) groups is 1. The van der Waals surface area contributed by atoms with Crippen molar-refractivity contribution < 1.29 is 9.90 Å². The zero-order valence-electron chi connectivity index (χ0n) is 9.24. The van der Waals surface area contributed by atoms with Gasteiger partial charge in [-0.3, -0.25) is 4.79 Å². The van der Waals surface area contributed by atoms with Crippen LogP contribution in [0.5, 0.6) is 0 Å². The van der Waals surface area contributed by atoms with Crippen molar-refractivity contribution in [1.82, 2.24) is 5.32 Å². The van der Waals surface area contributed by atoms with Crippen molar-refractivity contribution in [3.05, 3.63) is 34.3 Å². The number of nitrogens with one attached hydrogen (secondary N) is 1. The minimum Gasteiger partial charge on any atom is -0.480 e. The van der Waals surface area contributed by atoms with Gasteiger partial charge in [0.25, 0.3) is 0 Å². The van der Waals surface area contributed by atoms with Crippen LogP contribution in [-0.4, -0.2) is 17.6 Å². The van der Waals surface area contributed by atoms with Crippen LogP contribution in [0.25, 0.3) is 0 Å². The smallest absolute Gasteiger partial charge is 0.325 e. The molecule has 0 bridgehead atoms. The molecule has 0 spiro atoms. The topological polar surface area (TPSA) is 49.3 Å². The van der Waals surface area contributed by atoms with E-state index in [0.29, 0.717) is 0 Å². The van der Waals surface area contributed by atoms with E-state index in [1.165, 1.54) is 0 Å². The minimum atomic E-state index is -0.835. The minimum absolute atomic E-state index is 0.611. The average molecular weight is 286 g/mol. The molecule has 0 aromatic heterocycles. The monoisotopic (exact) mass is 285 g/mol. The first kappa shape index (κ1) is 13.2. The molecule has 2 N–H and O–H groups in total. The Kier molecular flexibility index (Phi) is 5.49. The van der Waals surface area contributed by atoms with Gasteiger partial charge in [0.15, 0.2) is 0 Å². The summed E-state index contributed by atoms with van der Waals surface area (Å²) in [7, 11) is 0. The predicted molar refractivity (Wildman–Crippen MR) is 67.4 cm³/mol. The summed E-state index contributed by atoms with van der Waals surface area (Å²) in [6.45, 7) is 2.81. The van der Waals surface area contributed by atoms with Crippen molar-refractivity contribution in [1.29, 1.82) is 0 Å². The van der Waals surface area contributed by atoms with Crippen LogP contribution in [0.3, 0.4) is 0 Å². The first-order chi connectivity index (χ1) is 7.65. The van der Waals surface area contributed by atoms with Gasteiger partial charge in [-0.15, -0.1) is 0 Å². The largest absolute Gasteiger partial charge is 0.480 e. The Labute approximate surface area is 104 Å². The molecule has 0 fully saturated rings. The Morgan fingerprint density at radius 2 is 2.06 bits per heavy atom. The molecular weight excluding hydrogens is 270 g/mol. The maximum atomic E-state index is 11.1. The molecule has 1 rings (SSSR count). The molecule has 0 heterocycles. The van der Waals surface area contributed by atoms with Crippen molar-refractivity contribution in [3.63, 3.8) is 0 Å². The maximum Gasteiger partial charge on any atom is 0.325 e. The molecule has 88 valence electrons. The van der Waals surface area contributed by atoms with Crippen LogP contribution in [0.1, 0.15) is 31.4 Å². The molecule has 0 amide bonds. The maximum absolute atomic E-state index is 11.1. The van der Waals surface area contributed by atoms with Gasteiger partial charge < -0.3 is 10.4 Å². The van der Waals surface area contributed by atoms with Crippen LogP contribution in [-0.2, 0) is 4.79 Å². The number of hydrogen-bond acceptors (Lipinski definition) is 2. The van der Waals surface area contributed by atoms with Crippen LogP contribution < -0.4 is 5.32 Å². The highest BCUT2D eigenvalue weighted by Gasteiger charge is 2.18. The Bertz CT molecular complexity index is 337. The fourth-order valence-corrected chi connectivity index (χ4v) is 1.69. The SMILES string of the molecule is CCCCNC(C(=O)O)c1ccc(Br)cc1. The van der Waals surface area contributed by atoms with E-state index in [1.54, 1.807) is 0 Å². The molecule has 4 heteroatoms. The fourth-order valence-electron chi connectivity index (χ4n) is 1.43. The van der Waals surface area contributed by atoms with E-state index in [-0.39, 0.29) is 0 Å². The molecule has 1 unspecified atom stereocenters. The highest BCUT2D eigenvalue weighted by Crippen LogP contribution is 2.17. The predicted octanol–water partition coefficient (Wildman–Crippen LogP) is 2.96. The highest BCUT2D eigenvalue weighted by atomic mass is 79.9. The standard InChI is InChI=1S/C12H16BrNO2/c1-2-3-8-14-11(12(15)16)9-4-6-10(13)7-5-9/h4-7,11,14H,2-3,8H2,1H3,(H,15,16). The third-order valence-electron chi connectivity index (χ3n) is 2.33. The number of unbranched alkanes of at least 4 members (excludes halogenated alkanes) is 1. The van der Waals surface area contributed by atoms with Crippen LogP contribution in [0.15, 0.2) is 28.7 Å². The zero-order valence-corrected chi connectivity index (χ0v) is 10.8. The van der Waals surface area contributed by atoms with Crippen molar-refractivity contribution in [3.8, 4) is 0 Å². The highest BCUT2D eigenvalue weighted by molar-refractivity contribution is 9.10. The third-order valence-corrected chi connectivity index (χ3v) is 2.86. The van der Waals surface area contributed by atoms with Gasteiger partial charge in [-0.2, -0.15) is 0 Å². The fraction of sp³-hybridized carbons (Fsp3) is 0.417. The van der Waals surface area contributed by atoms with Crippen LogP contribution in [0.2, 0.25) is 0 Å². The molecule has 0 saturated heterocycles. The van der Waals surface area contributed by atoms with Gasteiger partial charge in [0.05, 0.1) is 0 Å². The van der Waals surface area contributed by atoms with Gasteiger partial charge in [-0.05, 0) is 30.7 Å². The van der Waals surface area contributed by atoms with E-state index in [0.717, 1.165) is 29.4 Å². The molecule has 3 nitrogen and oxygen atoms in total. The number of rotatable bonds is 6. The van der Waals surface area contributed by atoms with E-state index in [9.17, 15) is 4.79 Å². The van der Waals surface area contributed by atoms with Crippen molar-refractivity contribution in [2.45, 2.75) is 25.8 Å². The molecular formula is C12H16BrNO2. The second-order valence-corrected chi connectivity index (χ2v) is 4.55. The molecule has 0 aliphatic carbocycles. The summed E-state index contributed by atoms with van der Waals surface area (Å²) >= 11 is 3.33. The lowest BCUT2D eigenvalue weighted by Crippen LogP contribution is -2.29. The molecule has 1 atom stereocenters. The lowest BCUT2D eigenvalue weighted by Gasteiger charge is -2.14. The lowest BCUT2D eigenvalue weighted by atomic mass is 10.1. The molecule has 0 aliphatic rings. The summed E-state index contributed by atoms with van der Waals surface area (Å²) in [4.78, 5) is 11.1. The zero-order chi connectivity index (χ0) is 12.0. The Balaban J connectivity index is 2.69. The molecule has 1 aromatic rings. The van der Waals surface area contributed by atoms with Crippen LogP contribution >= 0.6 is 15.9 Å². The molecule has 0 radical (unpaired) electrons. The number of benzene rings is 1. The van der Waals surface area contributed by atoms with Gasteiger partial charge in [0.1, 0.15) is 6.04 Å². The van der Waals surface area contributed by atoms with Gasteiger partial charge in [0, 0.05) is 4.47 Å². The number of carboxylic acids is 1. The first-order valence-corrected chi connectivity index (χ1v) is 6.16. The molecule has 16 heavy (non-hydrogen) atoms. The first-order valence-electron chi connectivity index (χ1n) is 5.36. The van der Waals surface area contributed by atoms with Crippen molar-refractivity contribution in [2.75, 3.05) is 6.54 Å². The lowest BCUT2D eigenvalue weighted by molar-refractivity contribution is -0.139. The summed E-state index contributed by atoms with van der Waals surface area (Å²) < 4.78 is 0.953. The summed E-state index contributed by atoms with van der Waals surface area (Å²) in [6, 6.07) is 6.74. The van der Waals surface area contributed by atoms with Crippen LogP contribution in [0.4, 0.5) is 0 Å². The molecule has 0 saturated carbocycles. The van der Waals surface area contributed by atoms with Gasteiger partial charge in [-0.1, -0.05) is 41.4 Å². The molecule has 0 aliphatic heterocycles. The number of aliphatic carboxylic acids is 1. The number of hydrogen-bond donors (Lipinski definition) is 2. The van der Waals surface area contributed by atoms with E-state index in [2.05, 4.69) is 28.2 Å².